The van der Waals surface area contributed by atoms with E-state index in [0.29, 0.717) is 11.5 Å². The first-order chi connectivity index (χ1) is 8.10. The average Bonchev–Trinajstić information content (AvgIpc) is 2.31. The van der Waals surface area contributed by atoms with E-state index in [9.17, 15) is 4.79 Å². The van der Waals surface area contributed by atoms with Gasteiger partial charge >= 0.3 is 0 Å². The molecule has 4 nitrogen and oxygen atoms in total. The van der Waals surface area contributed by atoms with Crippen LogP contribution in [0.4, 0.5) is 0 Å². The SMILES string of the molecule is CCN(CC)C(=O)CN1CCCCC1C(N)=S. The summed E-state index contributed by atoms with van der Waals surface area (Å²) in [6.07, 6.45) is 3.27. The van der Waals surface area contributed by atoms with Gasteiger partial charge in [-0.15, -0.1) is 0 Å². The van der Waals surface area contributed by atoms with Crippen LogP contribution < -0.4 is 5.73 Å². The number of amides is 1. The number of nitrogens with two attached hydrogens (primary N) is 1. The Morgan fingerprint density at radius 2 is 2.06 bits per heavy atom. The van der Waals surface area contributed by atoms with E-state index < -0.39 is 0 Å². The summed E-state index contributed by atoms with van der Waals surface area (Å²) in [4.78, 5) is 16.6. The zero-order valence-electron chi connectivity index (χ0n) is 10.8. The summed E-state index contributed by atoms with van der Waals surface area (Å²) in [5.41, 5.74) is 5.74. The predicted octanol–water partition coefficient (Wildman–Crippen LogP) is 0.995. The summed E-state index contributed by atoms with van der Waals surface area (Å²) in [5, 5.41) is 0. The third-order valence-corrected chi connectivity index (χ3v) is 3.67. The number of likely N-dealkylation sites (tertiary alicyclic amines) is 1. The monoisotopic (exact) mass is 257 g/mol. The zero-order chi connectivity index (χ0) is 12.8. The molecule has 0 radical (unpaired) electrons. The van der Waals surface area contributed by atoms with Gasteiger partial charge in [-0.3, -0.25) is 9.69 Å². The first-order valence-electron chi connectivity index (χ1n) is 6.41. The van der Waals surface area contributed by atoms with Crippen LogP contribution in [0.3, 0.4) is 0 Å². The fourth-order valence-corrected chi connectivity index (χ4v) is 2.62. The summed E-state index contributed by atoms with van der Waals surface area (Å²) >= 11 is 5.08. The Kier molecular flexibility index (Phi) is 5.85. The summed E-state index contributed by atoms with van der Waals surface area (Å²) < 4.78 is 0. The lowest BCUT2D eigenvalue weighted by atomic mass is 10.0. The minimum atomic E-state index is 0.110. The molecule has 1 heterocycles. The normalized spacial score (nSPS) is 21.2. The maximum Gasteiger partial charge on any atom is 0.236 e. The van der Waals surface area contributed by atoms with E-state index in [0.717, 1.165) is 38.9 Å². The fourth-order valence-electron chi connectivity index (χ4n) is 2.35. The number of carbonyl (C=O) groups is 1. The van der Waals surface area contributed by atoms with Crippen molar-refractivity contribution in [2.75, 3.05) is 26.2 Å². The number of carbonyl (C=O) groups excluding carboxylic acids is 1. The van der Waals surface area contributed by atoms with Gasteiger partial charge in [0.15, 0.2) is 0 Å². The van der Waals surface area contributed by atoms with Crippen LogP contribution in [0.25, 0.3) is 0 Å². The second-order valence-corrected chi connectivity index (χ2v) is 4.92. The lowest BCUT2D eigenvalue weighted by Gasteiger charge is -2.35. The Balaban J connectivity index is 2.58. The molecule has 2 N–H and O–H groups in total. The summed E-state index contributed by atoms with van der Waals surface area (Å²) in [6.45, 7) is 6.91. The van der Waals surface area contributed by atoms with E-state index in [-0.39, 0.29) is 11.9 Å². The molecule has 0 aromatic heterocycles. The quantitative estimate of drug-likeness (QED) is 0.746. The van der Waals surface area contributed by atoms with Crippen molar-refractivity contribution in [3.8, 4) is 0 Å². The molecule has 1 unspecified atom stereocenters. The van der Waals surface area contributed by atoms with E-state index in [2.05, 4.69) is 4.90 Å². The molecular formula is C12H23N3OS. The van der Waals surface area contributed by atoms with E-state index in [1.807, 2.05) is 18.7 Å². The van der Waals surface area contributed by atoms with Crippen molar-refractivity contribution in [3.63, 3.8) is 0 Å². The standard InChI is InChI=1S/C12H23N3OS/c1-3-14(4-2)11(16)9-15-8-6-5-7-10(15)12(13)17/h10H,3-9H2,1-2H3,(H2,13,17). The average molecular weight is 257 g/mol. The number of hydrogen-bond acceptors (Lipinski definition) is 3. The van der Waals surface area contributed by atoms with Crippen molar-refractivity contribution in [3.05, 3.63) is 0 Å². The summed E-state index contributed by atoms with van der Waals surface area (Å²) in [7, 11) is 0. The van der Waals surface area contributed by atoms with Crippen molar-refractivity contribution in [1.82, 2.24) is 9.80 Å². The highest BCUT2D eigenvalue weighted by Crippen LogP contribution is 2.17. The first kappa shape index (κ1) is 14.4. The van der Waals surface area contributed by atoms with Gasteiger partial charge in [-0.1, -0.05) is 18.6 Å². The summed E-state index contributed by atoms with van der Waals surface area (Å²) in [5.74, 6) is 0.179. The van der Waals surface area contributed by atoms with E-state index in [1.54, 1.807) is 0 Å². The Bertz CT molecular complexity index is 279. The zero-order valence-corrected chi connectivity index (χ0v) is 11.6. The van der Waals surface area contributed by atoms with Crippen LogP contribution in [-0.2, 0) is 4.79 Å². The number of likely N-dealkylation sites (N-methyl/N-ethyl adjacent to an activating group) is 1. The van der Waals surface area contributed by atoms with Gasteiger partial charge in [-0.2, -0.15) is 0 Å². The molecule has 98 valence electrons. The van der Waals surface area contributed by atoms with E-state index >= 15 is 0 Å². The Hall–Kier alpha value is -0.680. The van der Waals surface area contributed by atoms with Gasteiger partial charge in [-0.25, -0.2) is 0 Å². The van der Waals surface area contributed by atoms with Crippen LogP contribution in [0.15, 0.2) is 0 Å². The van der Waals surface area contributed by atoms with Gasteiger partial charge < -0.3 is 10.6 Å². The van der Waals surface area contributed by atoms with Crippen LogP contribution in [-0.4, -0.2) is 52.9 Å². The second kappa shape index (κ2) is 6.91. The molecule has 1 aliphatic rings. The third-order valence-electron chi connectivity index (χ3n) is 3.40. The van der Waals surface area contributed by atoms with Crippen LogP contribution in [0.5, 0.6) is 0 Å². The molecule has 5 heteroatoms. The molecule has 0 aliphatic carbocycles. The summed E-state index contributed by atoms with van der Waals surface area (Å²) in [6, 6.07) is 0.110. The van der Waals surface area contributed by atoms with Crippen LogP contribution in [0.2, 0.25) is 0 Å². The minimum absolute atomic E-state index is 0.110. The van der Waals surface area contributed by atoms with Crippen LogP contribution in [0, 0.1) is 0 Å². The predicted molar refractivity (Wildman–Crippen MR) is 73.9 cm³/mol. The molecule has 1 atom stereocenters. The van der Waals surface area contributed by atoms with Crippen molar-refractivity contribution < 1.29 is 4.79 Å². The lowest BCUT2D eigenvalue weighted by Crippen LogP contribution is -2.51. The van der Waals surface area contributed by atoms with E-state index in [4.69, 9.17) is 18.0 Å². The number of hydrogen-bond donors (Lipinski definition) is 1. The van der Waals surface area contributed by atoms with E-state index in [1.165, 1.54) is 0 Å². The van der Waals surface area contributed by atoms with Gasteiger partial charge in [0.2, 0.25) is 5.91 Å². The fraction of sp³-hybridized carbons (Fsp3) is 0.833. The van der Waals surface area contributed by atoms with Gasteiger partial charge in [0.1, 0.15) is 0 Å². The second-order valence-electron chi connectivity index (χ2n) is 4.45. The molecule has 17 heavy (non-hydrogen) atoms. The maximum absolute atomic E-state index is 12.0. The molecule has 0 aromatic rings. The highest BCUT2D eigenvalue weighted by Gasteiger charge is 2.27. The lowest BCUT2D eigenvalue weighted by molar-refractivity contribution is -0.132. The molecule has 1 rings (SSSR count). The largest absolute Gasteiger partial charge is 0.392 e. The Morgan fingerprint density at radius 1 is 1.41 bits per heavy atom. The number of rotatable bonds is 5. The molecule has 0 aromatic carbocycles. The Labute approximate surface area is 109 Å². The van der Waals surface area contributed by atoms with Gasteiger partial charge in [0.25, 0.3) is 0 Å². The van der Waals surface area contributed by atoms with Gasteiger partial charge in [0, 0.05) is 13.1 Å². The van der Waals surface area contributed by atoms with Crippen LogP contribution in [0.1, 0.15) is 33.1 Å². The molecule has 0 spiro atoms. The van der Waals surface area contributed by atoms with Crippen LogP contribution >= 0.6 is 12.2 Å². The smallest absolute Gasteiger partial charge is 0.236 e. The molecule has 0 bridgehead atoms. The van der Waals surface area contributed by atoms with Crippen molar-refractivity contribution in [2.45, 2.75) is 39.2 Å². The molecule has 1 saturated heterocycles. The number of piperidine rings is 1. The van der Waals surface area contributed by atoms with Crippen molar-refractivity contribution in [1.29, 1.82) is 0 Å². The van der Waals surface area contributed by atoms with Crippen molar-refractivity contribution >= 4 is 23.1 Å². The molecule has 0 saturated carbocycles. The van der Waals surface area contributed by atoms with Gasteiger partial charge in [0.05, 0.1) is 17.6 Å². The highest BCUT2D eigenvalue weighted by molar-refractivity contribution is 7.80. The number of thiocarbonyl (C=S) groups is 1. The third kappa shape index (κ3) is 3.92. The molecule has 1 aliphatic heterocycles. The molecule has 1 amide bonds. The first-order valence-corrected chi connectivity index (χ1v) is 6.82. The molecule has 1 fully saturated rings. The maximum atomic E-state index is 12.0. The topological polar surface area (TPSA) is 49.6 Å². The van der Waals surface area contributed by atoms with Crippen molar-refractivity contribution in [2.24, 2.45) is 5.73 Å². The molecular weight excluding hydrogens is 234 g/mol. The Morgan fingerprint density at radius 3 is 2.59 bits per heavy atom. The minimum Gasteiger partial charge on any atom is -0.392 e. The number of nitrogens with zero attached hydrogens (tertiary/aromatic N) is 2. The van der Waals surface area contributed by atoms with Gasteiger partial charge in [-0.05, 0) is 33.2 Å². The highest BCUT2D eigenvalue weighted by atomic mass is 32.1.